The average molecular weight is 378 g/mol. The number of aryl methyl sites for hydroxylation is 1. The van der Waals surface area contributed by atoms with Crippen LogP contribution in [0.15, 0.2) is 42.6 Å². The van der Waals surface area contributed by atoms with Crippen LogP contribution in [0.3, 0.4) is 0 Å². The molecule has 0 aromatic heterocycles. The first-order valence-electron chi connectivity index (χ1n) is 7.48. The van der Waals surface area contributed by atoms with Crippen LogP contribution in [0.4, 0.5) is 0 Å². The van der Waals surface area contributed by atoms with Gasteiger partial charge in [-0.15, -0.1) is 0 Å². The Labute approximate surface area is 154 Å². The molecule has 0 aliphatic rings. The quantitative estimate of drug-likeness (QED) is 0.315. The van der Waals surface area contributed by atoms with E-state index in [0.717, 1.165) is 11.8 Å². The van der Waals surface area contributed by atoms with Crippen LogP contribution in [-0.4, -0.2) is 24.6 Å². The van der Waals surface area contributed by atoms with Crippen molar-refractivity contribution in [2.45, 2.75) is 6.92 Å². The first-order chi connectivity index (χ1) is 12.4. The van der Waals surface area contributed by atoms with Gasteiger partial charge >= 0.3 is 5.97 Å². The molecule has 26 heavy (non-hydrogen) atoms. The number of nitrogens with zero attached hydrogens (tertiary/aromatic N) is 1. The van der Waals surface area contributed by atoms with Crippen molar-refractivity contribution in [1.82, 2.24) is 0 Å². The lowest BCUT2D eigenvalue weighted by Gasteiger charge is -2.11. The number of methoxy groups -OCH3 is 1. The first kappa shape index (κ1) is 19.3. The van der Waals surface area contributed by atoms with Gasteiger partial charge < -0.3 is 14.2 Å². The van der Waals surface area contributed by atoms with Crippen LogP contribution in [0.2, 0.25) is 5.02 Å². The third-order valence-corrected chi connectivity index (χ3v) is 3.71. The monoisotopic (exact) mass is 377 g/mol. The lowest BCUT2D eigenvalue weighted by molar-refractivity contribution is -0.400. The Morgan fingerprint density at radius 1 is 1.23 bits per heavy atom. The van der Waals surface area contributed by atoms with Crippen molar-refractivity contribution in [3.8, 4) is 17.2 Å². The highest BCUT2D eigenvalue weighted by Gasteiger charge is 2.12. The van der Waals surface area contributed by atoms with Crippen molar-refractivity contribution in [2.75, 3.05) is 13.7 Å². The van der Waals surface area contributed by atoms with E-state index in [1.165, 1.54) is 25.3 Å². The minimum Gasteiger partial charge on any atom is -0.493 e. The summed E-state index contributed by atoms with van der Waals surface area (Å²) in [5, 5.41) is 11.0. The number of rotatable bonds is 7. The average Bonchev–Trinajstić information content (AvgIpc) is 2.61. The molecule has 8 heteroatoms. The molecule has 0 N–H and O–H groups in total. The molecule has 0 saturated carbocycles. The number of hydrogen-bond acceptors (Lipinski definition) is 6. The van der Waals surface area contributed by atoms with E-state index in [4.69, 9.17) is 25.8 Å². The molecular weight excluding hydrogens is 362 g/mol. The zero-order chi connectivity index (χ0) is 19.1. The van der Waals surface area contributed by atoms with Gasteiger partial charge in [-0.2, -0.15) is 0 Å². The molecule has 7 nitrogen and oxygen atoms in total. The van der Waals surface area contributed by atoms with Crippen LogP contribution in [0.1, 0.15) is 11.1 Å². The second-order valence-electron chi connectivity index (χ2n) is 5.19. The van der Waals surface area contributed by atoms with Gasteiger partial charge in [-0.3, -0.25) is 10.1 Å². The molecule has 0 aliphatic carbocycles. The molecule has 2 aromatic carbocycles. The second kappa shape index (κ2) is 8.87. The van der Waals surface area contributed by atoms with E-state index in [0.29, 0.717) is 16.3 Å². The molecule has 2 rings (SSSR count). The maximum Gasteiger partial charge on any atom is 0.349 e. The zero-order valence-corrected chi connectivity index (χ0v) is 14.9. The topological polar surface area (TPSA) is 87.9 Å². The van der Waals surface area contributed by atoms with Crippen LogP contribution in [0.25, 0.3) is 6.08 Å². The molecule has 0 bridgehead atoms. The highest BCUT2D eigenvalue weighted by Crippen LogP contribution is 2.29. The largest absolute Gasteiger partial charge is 0.493 e. The van der Waals surface area contributed by atoms with Gasteiger partial charge in [0.25, 0.3) is 0 Å². The highest BCUT2D eigenvalue weighted by molar-refractivity contribution is 6.31. The van der Waals surface area contributed by atoms with Crippen LogP contribution >= 0.6 is 11.6 Å². The predicted molar refractivity (Wildman–Crippen MR) is 96.3 cm³/mol. The van der Waals surface area contributed by atoms with Crippen molar-refractivity contribution in [1.29, 1.82) is 0 Å². The van der Waals surface area contributed by atoms with Crippen molar-refractivity contribution in [3.05, 3.63) is 68.9 Å². The molecule has 0 atom stereocenters. The van der Waals surface area contributed by atoms with Gasteiger partial charge in [0, 0.05) is 11.1 Å². The molecule has 0 heterocycles. The number of carbonyl (C=O) groups is 1. The van der Waals surface area contributed by atoms with E-state index >= 15 is 0 Å². The third kappa shape index (κ3) is 5.49. The van der Waals surface area contributed by atoms with E-state index in [9.17, 15) is 14.9 Å². The number of halogens is 1. The Morgan fingerprint density at radius 2 is 2.00 bits per heavy atom. The van der Waals surface area contributed by atoms with E-state index in [1.807, 2.05) is 6.92 Å². The van der Waals surface area contributed by atoms with E-state index < -0.39 is 10.9 Å². The molecule has 0 saturated heterocycles. The number of ether oxygens (including phenoxy) is 3. The summed E-state index contributed by atoms with van der Waals surface area (Å²) in [7, 11) is 1.40. The standard InChI is InChI=1S/C18H16ClNO6/c1-12-9-14(4-5-15(12)19)25-11-18(21)26-16-6-3-13(7-8-20(22)23)10-17(16)24-2/h3-10H,11H2,1-2H3/b8-7+. The summed E-state index contributed by atoms with van der Waals surface area (Å²) in [6, 6.07) is 9.62. The normalized spacial score (nSPS) is 10.6. The summed E-state index contributed by atoms with van der Waals surface area (Å²) >= 11 is 5.93. The van der Waals surface area contributed by atoms with Crippen molar-refractivity contribution < 1.29 is 23.9 Å². The van der Waals surface area contributed by atoms with E-state index in [2.05, 4.69) is 0 Å². The van der Waals surface area contributed by atoms with Crippen LogP contribution in [-0.2, 0) is 4.79 Å². The molecule has 0 fully saturated rings. The number of esters is 1. The lowest BCUT2D eigenvalue weighted by Crippen LogP contribution is -2.18. The fourth-order valence-electron chi connectivity index (χ4n) is 2.02. The summed E-state index contributed by atoms with van der Waals surface area (Å²) in [6.07, 6.45) is 2.11. The van der Waals surface area contributed by atoms with Crippen molar-refractivity contribution in [2.24, 2.45) is 0 Å². The maximum atomic E-state index is 12.0. The highest BCUT2D eigenvalue weighted by atomic mass is 35.5. The number of benzene rings is 2. The van der Waals surface area contributed by atoms with Gasteiger partial charge in [-0.1, -0.05) is 17.7 Å². The molecule has 0 amide bonds. The van der Waals surface area contributed by atoms with Crippen molar-refractivity contribution >= 4 is 23.6 Å². The SMILES string of the molecule is COc1cc(/C=C/[N+](=O)[O-])ccc1OC(=O)COc1ccc(Cl)c(C)c1. The number of carbonyl (C=O) groups excluding carboxylic acids is 1. The molecular formula is C18H16ClNO6. The van der Waals surface area contributed by atoms with Gasteiger partial charge in [-0.05, 0) is 48.4 Å². The lowest BCUT2D eigenvalue weighted by atomic mass is 10.2. The molecule has 2 aromatic rings. The number of hydrogen-bond donors (Lipinski definition) is 0. The Kier molecular flexibility index (Phi) is 6.57. The second-order valence-corrected chi connectivity index (χ2v) is 5.59. The fourth-order valence-corrected chi connectivity index (χ4v) is 2.14. The van der Waals surface area contributed by atoms with E-state index in [1.54, 1.807) is 24.3 Å². The number of nitro groups is 1. The van der Waals surface area contributed by atoms with Gasteiger partial charge in [-0.25, -0.2) is 4.79 Å². The molecule has 0 radical (unpaired) electrons. The fraction of sp³-hybridized carbons (Fsp3) is 0.167. The maximum absolute atomic E-state index is 12.0. The predicted octanol–water partition coefficient (Wildman–Crippen LogP) is 3.89. The molecule has 0 aliphatic heterocycles. The summed E-state index contributed by atoms with van der Waals surface area (Å²) in [4.78, 5) is 21.8. The minimum absolute atomic E-state index is 0.187. The minimum atomic E-state index is -0.621. The van der Waals surface area contributed by atoms with Crippen LogP contribution < -0.4 is 14.2 Å². The Balaban J connectivity index is 2.01. The summed E-state index contributed by atoms with van der Waals surface area (Å²) < 4.78 is 15.7. The Bertz CT molecular complexity index is 850. The van der Waals surface area contributed by atoms with Crippen molar-refractivity contribution in [3.63, 3.8) is 0 Å². The summed E-state index contributed by atoms with van der Waals surface area (Å²) in [5.74, 6) is 0.332. The van der Waals surface area contributed by atoms with Crippen LogP contribution in [0, 0.1) is 17.0 Å². The van der Waals surface area contributed by atoms with Gasteiger partial charge in [0.05, 0.1) is 12.0 Å². The Morgan fingerprint density at radius 3 is 2.65 bits per heavy atom. The summed E-state index contributed by atoms with van der Waals surface area (Å²) in [5.41, 5.74) is 1.36. The third-order valence-electron chi connectivity index (χ3n) is 3.29. The summed E-state index contributed by atoms with van der Waals surface area (Å²) in [6.45, 7) is 1.53. The van der Waals surface area contributed by atoms with Gasteiger partial charge in [0.2, 0.25) is 6.20 Å². The van der Waals surface area contributed by atoms with E-state index in [-0.39, 0.29) is 18.1 Å². The van der Waals surface area contributed by atoms with Gasteiger partial charge in [0.15, 0.2) is 18.1 Å². The van der Waals surface area contributed by atoms with Gasteiger partial charge in [0.1, 0.15) is 5.75 Å². The molecule has 0 unspecified atom stereocenters. The smallest absolute Gasteiger partial charge is 0.349 e. The first-order valence-corrected chi connectivity index (χ1v) is 7.86. The van der Waals surface area contributed by atoms with Crippen LogP contribution in [0.5, 0.6) is 17.2 Å². The molecule has 0 spiro atoms. The molecule has 136 valence electrons. The Hall–Kier alpha value is -3.06. The zero-order valence-electron chi connectivity index (χ0n) is 14.1.